The number of carbonyl (C=O) groups is 3. The Bertz CT molecular complexity index is 375. The second-order valence-corrected chi connectivity index (χ2v) is 5.89. The van der Waals surface area contributed by atoms with Crippen LogP contribution in [-0.4, -0.2) is 64.0 Å². The van der Waals surface area contributed by atoms with Crippen molar-refractivity contribution >= 4 is 29.5 Å². The minimum Gasteiger partial charge on any atom is -0.481 e. The van der Waals surface area contributed by atoms with Crippen molar-refractivity contribution in [2.45, 2.75) is 38.6 Å². The van der Waals surface area contributed by atoms with Gasteiger partial charge in [-0.2, -0.15) is 0 Å². The first-order chi connectivity index (χ1) is 9.47. The molecule has 7 heteroatoms. The van der Waals surface area contributed by atoms with Crippen LogP contribution in [0.5, 0.6) is 0 Å². The largest absolute Gasteiger partial charge is 0.481 e. The van der Waals surface area contributed by atoms with Crippen LogP contribution < -0.4 is 0 Å². The number of carboxylic acid groups (broad SMARTS) is 1. The van der Waals surface area contributed by atoms with Crippen molar-refractivity contribution in [1.29, 1.82) is 0 Å². The molecular weight excluding hydrogens is 280 g/mol. The van der Waals surface area contributed by atoms with E-state index in [9.17, 15) is 14.4 Å². The van der Waals surface area contributed by atoms with E-state index in [0.717, 1.165) is 6.42 Å². The molecule has 1 N–H and O–H groups in total. The molecule has 1 atom stereocenters. The van der Waals surface area contributed by atoms with Crippen LogP contribution in [0.1, 0.15) is 32.6 Å². The molecule has 0 saturated carbocycles. The van der Waals surface area contributed by atoms with E-state index in [2.05, 4.69) is 0 Å². The van der Waals surface area contributed by atoms with E-state index in [-0.39, 0.29) is 18.2 Å². The number of carbonyl (C=O) groups excluding carboxylic acids is 2. The summed E-state index contributed by atoms with van der Waals surface area (Å²) >= 11 is 1.58. The molecule has 6 nitrogen and oxygen atoms in total. The van der Waals surface area contributed by atoms with Crippen LogP contribution in [0, 0.1) is 0 Å². The summed E-state index contributed by atoms with van der Waals surface area (Å²) in [4.78, 5) is 37.9. The lowest BCUT2D eigenvalue weighted by molar-refractivity contribution is -0.143. The summed E-state index contributed by atoms with van der Waals surface area (Å²) in [6.07, 6.45) is 1.72. The fourth-order valence-electron chi connectivity index (χ4n) is 2.08. The van der Waals surface area contributed by atoms with Crippen molar-refractivity contribution in [2.24, 2.45) is 0 Å². The zero-order chi connectivity index (χ0) is 15.1. The third-order valence-corrected chi connectivity index (χ3v) is 4.22. The Labute approximate surface area is 123 Å². The minimum absolute atomic E-state index is 0.0229. The molecule has 2 amide bonds. The van der Waals surface area contributed by atoms with Crippen molar-refractivity contribution in [3.05, 3.63) is 0 Å². The van der Waals surface area contributed by atoms with E-state index in [4.69, 9.17) is 5.11 Å². The highest BCUT2D eigenvalue weighted by Gasteiger charge is 2.35. The number of likely N-dealkylation sites (N-methyl/N-ethyl adjacent to an activating group) is 1. The van der Waals surface area contributed by atoms with E-state index < -0.39 is 12.0 Å². The molecular formula is C13H22N2O4S. The van der Waals surface area contributed by atoms with Gasteiger partial charge in [0.1, 0.15) is 6.04 Å². The number of carboxylic acids is 1. The van der Waals surface area contributed by atoms with Gasteiger partial charge in [-0.05, 0) is 12.8 Å². The van der Waals surface area contributed by atoms with Crippen LogP contribution in [0.3, 0.4) is 0 Å². The van der Waals surface area contributed by atoms with Crippen molar-refractivity contribution in [3.8, 4) is 0 Å². The van der Waals surface area contributed by atoms with Crippen molar-refractivity contribution in [3.63, 3.8) is 0 Å². The second-order valence-electron chi connectivity index (χ2n) is 4.89. The van der Waals surface area contributed by atoms with Crippen LogP contribution in [0.2, 0.25) is 0 Å². The van der Waals surface area contributed by atoms with E-state index in [1.165, 1.54) is 4.90 Å². The molecule has 0 aromatic rings. The van der Waals surface area contributed by atoms with Crippen molar-refractivity contribution < 1.29 is 19.5 Å². The monoisotopic (exact) mass is 302 g/mol. The molecule has 0 aromatic carbocycles. The number of amides is 2. The van der Waals surface area contributed by atoms with Gasteiger partial charge in [-0.15, -0.1) is 11.8 Å². The summed E-state index contributed by atoms with van der Waals surface area (Å²) in [7, 11) is 1.66. The Balaban J connectivity index is 2.51. The van der Waals surface area contributed by atoms with Gasteiger partial charge < -0.3 is 14.9 Å². The number of hydrogen-bond donors (Lipinski definition) is 1. The smallest absolute Gasteiger partial charge is 0.303 e. The number of aliphatic carboxylic acids is 1. The van der Waals surface area contributed by atoms with E-state index in [1.54, 1.807) is 23.7 Å². The quantitative estimate of drug-likeness (QED) is 0.759. The average molecular weight is 302 g/mol. The molecule has 114 valence electrons. The van der Waals surface area contributed by atoms with Crippen LogP contribution in [0.4, 0.5) is 0 Å². The molecule has 0 aliphatic carbocycles. The normalized spacial score (nSPS) is 18.1. The van der Waals surface area contributed by atoms with Gasteiger partial charge in [-0.3, -0.25) is 14.4 Å². The minimum atomic E-state index is -0.859. The molecule has 0 spiro atoms. The van der Waals surface area contributed by atoms with E-state index in [0.29, 0.717) is 31.0 Å². The number of rotatable bonds is 7. The lowest BCUT2D eigenvalue weighted by Crippen LogP contribution is -2.48. The highest BCUT2D eigenvalue weighted by Crippen LogP contribution is 2.23. The maximum atomic E-state index is 12.3. The van der Waals surface area contributed by atoms with Gasteiger partial charge >= 0.3 is 5.97 Å². The standard InChI is InChI=1S/C13H22N2O4S/c1-3-5-11(16)15-9-20-8-10(15)13(19)14(2)7-4-6-12(17)18/h10H,3-9H2,1-2H3,(H,17,18). The fourth-order valence-corrected chi connectivity index (χ4v) is 3.25. The fraction of sp³-hybridized carbons (Fsp3) is 0.769. The van der Waals surface area contributed by atoms with Crippen LogP contribution >= 0.6 is 11.8 Å². The lowest BCUT2D eigenvalue weighted by atomic mass is 10.2. The van der Waals surface area contributed by atoms with Gasteiger partial charge in [0.2, 0.25) is 11.8 Å². The summed E-state index contributed by atoms with van der Waals surface area (Å²) in [5.41, 5.74) is 0. The molecule has 1 unspecified atom stereocenters. The second kappa shape index (κ2) is 8.14. The maximum Gasteiger partial charge on any atom is 0.303 e. The molecule has 1 fully saturated rings. The summed E-state index contributed by atoms with van der Waals surface area (Å²) in [6, 6.07) is -0.395. The molecule has 1 rings (SSSR count). The molecule has 1 saturated heterocycles. The summed E-state index contributed by atoms with van der Waals surface area (Å²) in [5, 5.41) is 8.59. The molecule has 0 radical (unpaired) electrons. The third kappa shape index (κ3) is 4.70. The topological polar surface area (TPSA) is 77.9 Å². The van der Waals surface area contributed by atoms with Crippen molar-refractivity contribution in [2.75, 3.05) is 25.2 Å². The first-order valence-corrected chi connectivity index (χ1v) is 7.96. The summed E-state index contributed by atoms with van der Waals surface area (Å²) in [6.45, 7) is 2.35. The molecule has 1 aliphatic rings. The zero-order valence-electron chi connectivity index (χ0n) is 12.0. The predicted molar refractivity (Wildman–Crippen MR) is 77.4 cm³/mol. The Hall–Kier alpha value is -1.24. The number of nitrogens with zero attached hydrogens (tertiary/aromatic N) is 2. The van der Waals surface area contributed by atoms with Gasteiger partial charge in [0.15, 0.2) is 0 Å². The van der Waals surface area contributed by atoms with Gasteiger partial charge in [-0.1, -0.05) is 6.92 Å². The Morgan fingerprint density at radius 2 is 2.05 bits per heavy atom. The van der Waals surface area contributed by atoms with Gasteiger partial charge in [-0.25, -0.2) is 0 Å². The van der Waals surface area contributed by atoms with Crippen LogP contribution in [0.25, 0.3) is 0 Å². The average Bonchev–Trinajstić information content (AvgIpc) is 2.86. The van der Waals surface area contributed by atoms with Gasteiger partial charge in [0, 0.05) is 32.2 Å². The van der Waals surface area contributed by atoms with E-state index in [1.807, 2.05) is 6.92 Å². The molecule has 1 heterocycles. The number of thioether (sulfide) groups is 1. The lowest BCUT2D eigenvalue weighted by Gasteiger charge is -2.27. The molecule has 0 aromatic heterocycles. The predicted octanol–water partition coefficient (Wildman–Crippen LogP) is 1.01. The Morgan fingerprint density at radius 3 is 2.65 bits per heavy atom. The van der Waals surface area contributed by atoms with Gasteiger partial charge in [0.25, 0.3) is 0 Å². The number of hydrogen-bond acceptors (Lipinski definition) is 4. The van der Waals surface area contributed by atoms with E-state index >= 15 is 0 Å². The molecule has 0 bridgehead atoms. The van der Waals surface area contributed by atoms with Gasteiger partial charge in [0.05, 0.1) is 5.88 Å². The third-order valence-electron chi connectivity index (χ3n) is 3.21. The molecule has 20 heavy (non-hydrogen) atoms. The Kier molecular flexibility index (Phi) is 6.84. The highest BCUT2D eigenvalue weighted by molar-refractivity contribution is 7.99. The first-order valence-electron chi connectivity index (χ1n) is 6.81. The molecule has 1 aliphatic heterocycles. The maximum absolute atomic E-state index is 12.3. The first kappa shape index (κ1) is 16.8. The van der Waals surface area contributed by atoms with Crippen molar-refractivity contribution in [1.82, 2.24) is 9.80 Å². The Morgan fingerprint density at radius 1 is 1.35 bits per heavy atom. The summed E-state index contributed by atoms with van der Waals surface area (Å²) in [5.74, 6) is 0.261. The SMILES string of the molecule is CCCC(=O)N1CSCC1C(=O)N(C)CCCC(=O)O. The zero-order valence-corrected chi connectivity index (χ0v) is 12.8. The summed E-state index contributed by atoms with van der Waals surface area (Å²) < 4.78 is 0. The van der Waals surface area contributed by atoms with Crippen LogP contribution in [-0.2, 0) is 14.4 Å². The van der Waals surface area contributed by atoms with Crippen LogP contribution in [0.15, 0.2) is 0 Å². The highest BCUT2D eigenvalue weighted by atomic mass is 32.2.